The van der Waals surface area contributed by atoms with E-state index in [1.165, 1.54) is 25.3 Å². The lowest BCUT2D eigenvalue weighted by Gasteiger charge is -2.26. The molecule has 0 aromatic heterocycles. The zero-order valence-electron chi connectivity index (χ0n) is 12.0. The van der Waals surface area contributed by atoms with Gasteiger partial charge in [0.15, 0.2) is 5.54 Å². The van der Waals surface area contributed by atoms with Gasteiger partial charge in [0.05, 0.1) is 12.0 Å². The smallest absolute Gasteiger partial charge is 0.329 e. The molecule has 0 amide bonds. The third kappa shape index (κ3) is 3.13. The van der Waals surface area contributed by atoms with Gasteiger partial charge in [0, 0.05) is 12.1 Å². The first kappa shape index (κ1) is 15.2. The van der Waals surface area contributed by atoms with Gasteiger partial charge in [0.2, 0.25) is 0 Å². The topological polar surface area (TPSA) is 105 Å². The number of non-ortho nitro benzene ring substituents is 1. The second-order valence-corrected chi connectivity index (χ2v) is 5.30. The molecule has 0 bridgehead atoms. The third-order valence-electron chi connectivity index (χ3n) is 3.71. The largest absolute Gasteiger partial charge is 0.491 e. The number of rotatable bonds is 6. The highest BCUT2D eigenvalue weighted by atomic mass is 16.6. The minimum absolute atomic E-state index is 0.00553. The van der Waals surface area contributed by atoms with Crippen molar-refractivity contribution >= 4 is 11.7 Å². The maximum absolute atomic E-state index is 11.8. The molecule has 0 saturated heterocycles. The molecule has 1 atom stereocenters. The molecule has 1 saturated carbocycles. The molecule has 1 aromatic rings. The predicted molar refractivity (Wildman–Crippen MR) is 75.0 cm³/mol. The predicted octanol–water partition coefficient (Wildman–Crippen LogP) is 1.56. The summed E-state index contributed by atoms with van der Waals surface area (Å²) in [6.07, 6.45) is 1.74. The Hall–Kier alpha value is -2.15. The van der Waals surface area contributed by atoms with Gasteiger partial charge in [-0.2, -0.15) is 0 Å². The quantitative estimate of drug-likeness (QED) is 0.485. The molecule has 21 heavy (non-hydrogen) atoms. The summed E-state index contributed by atoms with van der Waals surface area (Å²) >= 11 is 0. The molecule has 1 aromatic carbocycles. The number of nitro groups is 1. The Kier molecular flexibility index (Phi) is 4.13. The highest BCUT2D eigenvalue weighted by molar-refractivity contribution is 5.81. The number of benzene rings is 1. The van der Waals surface area contributed by atoms with Gasteiger partial charge in [-0.05, 0) is 37.3 Å². The molecule has 1 fully saturated rings. The zero-order valence-corrected chi connectivity index (χ0v) is 12.0. The Balaban J connectivity index is 2.11. The molecule has 1 aliphatic rings. The van der Waals surface area contributed by atoms with Crippen LogP contribution in [0.1, 0.15) is 18.4 Å². The number of aryl methyl sites for hydroxylation is 1. The normalized spacial score (nSPS) is 16.9. The highest BCUT2D eigenvalue weighted by Gasteiger charge is 2.49. The van der Waals surface area contributed by atoms with Crippen molar-refractivity contribution in [1.82, 2.24) is 0 Å². The molecule has 1 unspecified atom stereocenters. The maximum Gasteiger partial charge on any atom is 0.329 e. The number of carbonyl (C=O) groups is 1. The molecule has 0 aliphatic heterocycles. The van der Waals surface area contributed by atoms with Gasteiger partial charge in [0.25, 0.3) is 5.69 Å². The van der Waals surface area contributed by atoms with Crippen molar-refractivity contribution in [3.63, 3.8) is 0 Å². The summed E-state index contributed by atoms with van der Waals surface area (Å²) in [5, 5.41) is 10.7. The Morgan fingerprint density at radius 1 is 1.52 bits per heavy atom. The van der Waals surface area contributed by atoms with Crippen LogP contribution in [0.15, 0.2) is 18.2 Å². The number of carbonyl (C=O) groups excluding carboxylic acids is 1. The van der Waals surface area contributed by atoms with Crippen molar-refractivity contribution in [2.75, 3.05) is 13.7 Å². The summed E-state index contributed by atoms with van der Waals surface area (Å²) in [6.45, 7) is 1.69. The molecule has 2 N–H and O–H groups in total. The van der Waals surface area contributed by atoms with E-state index in [1.807, 2.05) is 0 Å². The summed E-state index contributed by atoms with van der Waals surface area (Å²) in [5.74, 6) is 0.0350. The number of hydrogen-bond acceptors (Lipinski definition) is 6. The minimum atomic E-state index is -1.16. The lowest BCUT2D eigenvalue weighted by atomic mass is 9.96. The van der Waals surface area contributed by atoms with Crippen molar-refractivity contribution < 1.29 is 19.2 Å². The van der Waals surface area contributed by atoms with Crippen LogP contribution < -0.4 is 10.5 Å². The number of nitro benzene ring substituents is 1. The van der Waals surface area contributed by atoms with E-state index < -0.39 is 16.4 Å². The molecular weight excluding hydrogens is 276 g/mol. The number of nitrogens with two attached hydrogens (primary N) is 1. The van der Waals surface area contributed by atoms with Crippen LogP contribution in [0, 0.1) is 23.0 Å². The Morgan fingerprint density at radius 3 is 2.67 bits per heavy atom. The first-order valence-electron chi connectivity index (χ1n) is 6.63. The summed E-state index contributed by atoms with van der Waals surface area (Å²) in [4.78, 5) is 22.1. The highest BCUT2D eigenvalue weighted by Crippen LogP contribution is 2.39. The molecule has 0 radical (unpaired) electrons. The van der Waals surface area contributed by atoms with Gasteiger partial charge < -0.3 is 15.2 Å². The SMILES string of the molecule is COC(=O)C(N)(COc1ccc([N+](=O)[O-])cc1C)C1CC1. The summed E-state index contributed by atoms with van der Waals surface area (Å²) in [7, 11) is 1.30. The molecule has 1 aliphatic carbocycles. The van der Waals surface area contributed by atoms with Crippen molar-refractivity contribution in [3.8, 4) is 5.75 Å². The van der Waals surface area contributed by atoms with E-state index >= 15 is 0 Å². The first-order valence-corrected chi connectivity index (χ1v) is 6.63. The van der Waals surface area contributed by atoms with E-state index in [0.717, 1.165) is 12.8 Å². The second-order valence-electron chi connectivity index (χ2n) is 5.30. The first-order chi connectivity index (χ1) is 9.88. The van der Waals surface area contributed by atoms with Crippen molar-refractivity contribution in [1.29, 1.82) is 0 Å². The fraction of sp³-hybridized carbons (Fsp3) is 0.500. The average Bonchev–Trinajstić information content (AvgIpc) is 3.29. The van der Waals surface area contributed by atoms with Gasteiger partial charge in [-0.1, -0.05) is 0 Å². The minimum Gasteiger partial charge on any atom is -0.491 e. The molecule has 7 nitrogen and oxygen atoms in total. The van der Waals surface area contributed by atoms with Crippen LogP contribution in [0.5, 0.6) is 5.75 Å². The number of ether oxygens (including phenoxy) is 2. The fourth-order valence-electron chi connectivity index (χ4n) is 2.24. The second kappa shape index (κ2) is 5.69. The van der Waals surface area contributed by atoms with Crippen LogP contribution in [0.3, 0.4) is 0 Å². The zero-order chi connectivity index (χ0) is 15.6. The van der Waals surface area contributed by atoms with E-state index in [0.29, 0.717) is 11.3 Å². The van der Waals surface area contributed by atoms with Gasteiger partial charge in [-0.25, -0.2) is 4.79 Å². The van der Waals surface area contributed by atoms with Gasteiger partial charge in [-0.3, -0.25) is 10.1 Å². The van der Waals surface area contributed by atoms with Crippen molar-refractivity contribution in [3.05, 3.63) is 33.9 Å². The fourth-order valence-corrected chi connectivity index (χ4v) is 2.24. The molecular formula is C14H18N2O5. The molecule has 7 heteroatoms. The van der Waals surface area contributed by atoms with Crippen molar-refractivity contribution in [2.45, 2.75) is 25.3 Å². The van der Waals surface area contributed by atoms with E-state index in [1.54, 1.807) is 6.92 Å². The van der Waals surface area contributed by atoms with Gasteiger partial charge in [-0.15, -0.1) is 0 Å². The van der Waals surface area contributed by atoms with Crippen LogP contribution in [-0.2, 0) is 9.53 Å². The Morgan fingerprint density at radius 2 is 2.19 bits per heavy atom. The van der Waals surface area contributed by atoms with Crippen LogP contribution >= 0.6 is 0 Å². The van der Waals surface area contributed by atoms with E-state index in [-0.39, 0.29) is 18.2 Å². The lowest BCUT2D eigenvalue weighted by molar-refractivity contribution is -0.384. The lowest BCUT2D eigenvalue weighted by Crippen LogP contribution is -2.55. The summed E-state index contributed by atoms with van der Waals surface area (Å²) in [6, 6.07) is 4.29. The number of methoxy groups -OCH3 is 1. The molecule has 0 spiro atoms. The molecule has 0 heterocycles. The summed E-state index contributed by atoms with van der Waals surface area (Å²) in [5.41, 5.74) is 5.57. The standard InChI is InChI=1S/C14H18N2O5/c1-9-7-11(16(18)19)5-6-12(9)21-8-14(15,10-3-4-10)13(17)20-2/h5-7,10H,3-4,8,15H2,1-2H3. The number of nitrogens with zero attached hydrogens (tertiary/aromatic N) is 1. The average molecular weight is 294 g/mol. The monoisotopic (exact) mass is 294 g/mol. The van der Waals surface area contributed by atoms with Gasteiger partial charge in [0.1, 0.15) is 12.4 Å². The Bertz CT molecular complexity index is 570. The van der Waals surface area contributed by atoms with E-state index in [9.17, 15) is 14.9 Å². The van der Waals surface area contributed by atoms with Crippen LogP contribution in [0.2, 0.25) is 0 Å². The van der Waals surface area contributed by atoms with E-state index in [4.69, 9.17) is 15.2 Å². The Labute approximate surface area is 122 Å². The van der Waals surface area contributed by atoms with Crippen LogP contribution in [0.4, 0.5) is 5.69 Å². The molecule has 2 rings (SSSR count). The summed E-state index contributed by atoms with van der Waals surface area (Å²) < 4.78 is 10.4. The maximum atomic E-state index is 11.8. The van der Waals surface area contributed by atoms with E-state index in [2.05, 4.69) is 0 Å². The van der Waals surface area contributed by atoms with Crippen LogP contribution in [-0.4, -0.2) is 30.1 Å². The number of esters is 1. The van der Waals surface area contributed by atoms with Crippen molar-refractivity contribution in [2.24, 2.45) is 11.7 Å². The molecule has 114 valence electrons. The third-order valence-corrected chi connectivity index (χ3v) is 3.71. The number of hydrogen-bond donors (Lipinski definition) is 1. The van der Waals surface area contributed by atoms with Gasteiger partial charge >= 0.3 is 5.97 Å². The van der Waals surface area contributed by atoms with Crippen LogP contribution in [0.25, 0.3) is 0 Å².